The van der Waals surface area contributed by atoms with Gasteiger partial charge in [-0.2, -0.15) is 0 Å². The summed E-state index contributed by atoms with van der Waals surface area (Å²) in [5, 5.41) is 18.9. The van der Waals surface area contributed by atoms with Gasteiger partial charge in [0.2, 0.25) is 0 Å². The molecule has 0 aliphatic carbocycles. The topological polar surface area (TPSA) is 66.8 Å². The zero-order valence-electron chi connectivity index (χ0n) is 9.24. The Labute approximate surface area is 98.4 Å². The largest absolute Gasteiger partial charge is 0.496 e. The number of aliphatic hydroxyl groups is 1. The van der Waals surface area contributed by atoms with E-state index in [0.717, 1.165) is 0 Å². The monoisotopic (exact) mass is 244 g/mol. The fraction of sp³-hybridized carbons (Fsp3) is 0.364. The first kappa shape index (κ1) is 12.8. The zero-order valence-corrected chi connectivity index (χ0v) is 10.00. The summed E-state index contributed by atoms with van der Waals surface area (Å²) in [6.07, 6.45) is -1.61. The number of ether oxygens (including phenoxy) is 1. The van der Waals surface area contributed by atoms with Gasteiger partial charge in [0.05, 0.1) is 7.11 Å². The highest BCUT2D eigenvalue weighted by Gasteiger charge is 2.24. The molecule has 0 fully saturated rings. The van der Waals surface area contributed by atoms with E-state index in [1.165, 1.54) is 7.11 Å². The number of methoxy groups -OCH3 is 1. The van der Waals surface area contributed by atoms with E-state index in [1.54, 1.807) is 19.9 Å². The van der Waals surface area contributed by atoms with Crippen LogP contribution in [0.1, 0.15) is 22.8 Å². The highest BCUT2D eigenvalue weighted by Crippen LogP contribution is 2.36. The van der Waals surface area contributed by atoms with Crippen molar-refractivity contribution < 1.29 is 19.7 Å². The lowest BCUT2D eigenvalue weighted by Crippen LogP contribution is -2.14. The van der Waals surface area contributed by atoms with Crippen LogP contribution < -0.4 is 4.74 Å². The van der Waals surface area contributed by atoms with Gasteiger partial charge < -0.3 is 14.9 Å². The minimum atomic E-state index is -1.61. The molecule has 0 heterocycles. The van der Waals surface area contributed by atoms with Crippen LogP contribution in [-0.4, -0.2) is 23.3 Å². The van der Waals surface area contributed by atoms with Crippen LogP contribution in [0.3, 0.4) is 0 Å². The number of carboxylic acid groups (broad SMARTS) is 1. The van der Waals surface area contributed by atoms with E-state index in [1.807, 2.05) is 0 Å². The van der Waals surface area contributed by atoms with Gasteiger partial charge >= 0.3 is 5.97 Å². The van der Waals surface area contributed by atoms with Gasteiger partial charge in [-0.15, -0.1) is 0 Å². The molecule has 0 radical (unpaired) electrons. The molecule has 5 heteroatoms. The summed E-state index contributed by atoms with van der Waals surface area (Å²) < 4.78 is 5.10. The maximum absolute atomic E-state index is 10.8. The van der Waals surface area contributed by atoms with Crippen LogP contribution in [0.15, 0.2) is 6.07 Å². The van der Waals surface area contributed by atoms with Gasteiger partial charge in [0.1, 0.15) is 5.75 Å². The van der Waals surface area contributed by atoms with Crippen LogP contribution in [0.4, 0.5) is 0 Å². The Hall–Kier alpha value is -1.26. The standard InChI is InChI=1S/C11H13ClO4/c1-5-4-7(12)6(2)10(16-3)8(5)9(13)11(14)15/h4,9,13H,1-3H3,(H,14,15). The van der Waals surface area contributed by atoms with Crippen LogP contribution in [0.2, 0.25) is 5.02 Å². The fourth-order valence-electron chi connectivity index (χ4n) is 1.59. The van der Waals surface area contributed by atoms with Gasteiger partial charge in [0, 0.05) is 16.1 Å². The second-order valence-electron chi connectivity index (χ2n) is 3.49. The lowest BCUT2D eigenvalue weighted by atomic mass is 9.99. The number of hydrogen-bond acceptors (Lipinski definition) is 3. The van der Waals surface area contributed by atoms with Crippen LogP contribution in [0.25, 0.3) is 0 Å². The van der Waals surface area contributed by atoms with E-state index in [0.29, 0.717) is 21.9 Å². The number of aliphatic hydroxyl groups excluding tert-OH is 1. The Balaban J connectivity index is 3.48. The highest BCUT2D eigenvalue weighted by atomic mass is 35.5. The maximum Gasteiger partial charge on any atom is 0.337 e. The number of benzene rings is 1. The van der Waals surface area contributed by atoms with E-state index in [9.17, 15) is 9.90 Å². The second kappa shape index (κ2) is 4.72. The summed E-state index contributed by atoms with van der Waals surface area (Å²) in [5.41, 5.74) is 1.45. The third-order valence-electron chi connectivity index (χ3n) is 2.42. The predicted molar refractivity (Wildman–Crippen MR) is 60.1 cm³/mol. The van der Waals surface area contributed by atoms with E-state index in [-0.39, 0.29) is 5.56 Å². The van der Waals surface area contributed by atoms with E-state index >= 15 is 0 Å². The van der Waals surface area contributed by atoms with E-state index in [2.05, 4.69) is 0 Å². The Morgan fingerprint density at radius 3 is 2.50 bits per heavy atom. The van der Waals surface area contributed by atoms with Crippen molar-refractivity contribution in [2.75, 3.05) is 7.11 Å². The molecule has 16 heavy (non-hydrogen) atoms. The molecule has 0 amide bonds. The molecular weight excluding hydrogens is 232 g/mol. The van der Waals surface area contributed by atoms with Crippen LogP contribution in [-0.2, 0) is 4.79 Å². The van der Waals surface area contributed by atoms with Crippen molar-refractivity contribution in [1.82, 2.24) is 0 Å². The quantitative estimate of drug-likeness (QED) is 0.854. The van der Waals surface area contributed by atoms with Crippen molar-refractivity contribution in [1.29, 1.82) is 0 Å². The molecule has 88 valence electrons. The number of aryl methyl sites for hydroxylation is 1. The van der Waals surface area contributed by atoms with Crippen molar-refractivity contribution in [2.24, 2.45) is 0 Å². The van der Waals surface area contributed by atoms with Crippen molar-refractivity contribution in [3.63, 3.8) is 0 Å². The fourth-order valence-corrected chi connectivity index (χ4v) is 1.84. The Morgan fingerprint density at radius 1 is 1.50 bits per heavy atom. The lowest BCUT2D eigenvalue weighted by Gasteiger charge is -2.17. The molecule has 1 unspecified atom stereocenters. The Kier molecular flexibility index (Phi) is 3.78. The molecule has 1 aromatic rings. The molecule has 4 nitrogen and oxygen atoms in total. The number of carbonyl (C=O) groups is 1. The number of halogens is 1. The zero-order chi connectivity index (χ0) is 12.5. The van der Waals surface area contributed by atoms with Crippen LogP contribution >= 0.6 is 11.6 Å². The molecule has 1 rings (SSSR count). The second-order valence-corrected chi connectivity index (χ2v) is 3.90. The summed E-state index contributed by atoms with van der Waals surface area (Å²) in [4.78, 5) is 10.8. The summed E-state index contributed by atoms with van der Waals surface area (Å²) >= 11 is 5.95. The molecule has 0 aliphatic rings. The summed E-state index contributed by atoms with van der Waals surface area (Å²) in [6, 6.07) is 1.61. The van der Waals surface area contributed by atoms with Gasteiger partial charge in [-0.05, 0) is 25.5 Å². The van der Waals surface area contributed by atoms with Gasteiger partial charge in [0.25, 0.3) is 0 Å². The molecule has 1 atom stereocenters. The van der Waals surface area contributed by atoms with Crippen molar-refractivity contribution in [3.8, 4) is 5.75 Å². The lowest BCUT2D eigenvalue weighted by molar-refractivity contribution is -0.147. The normalized spacial score (nSPS) is 12.3. The molecule has 2 N–H and O–H groups in total. The average Bonchev–Trinajstić information content (AvgIpc) is 2.21. The highest BCUT2D eigenvalue weighted by molar-refractivity contribution is 6.31. The minimum absolute atomic E-state index is 0.247. The molecule has 1 aromatic carbocycles. The molecule has 0 aromatic heterocycles. The molecule has 0 bridgehead atoms. The Morgan fingerprint density at radius 2 is 2.06 bits per heavy atom. The molecule has 0 saturated heterocycles. The van der Waals surface area contributed by atoms with Gasteiger partial charge in [-0.25, -0.2) is 4.79 Å². The predicted octanol–water partition coefficient (Wildman–Crippen LogP) is 2.08. The van der Waals surface area contributed by atoms with Crippen molar-refractivity contribution in [3.05, 3.63) is 27.8 Å². The van der Waals surface area contributed by atoms with Crippen molar-refractivity contribution in [2.45, 2.75) is 20.0 Å². The number of aliphatic carboxylic acids is 1. The third kappa shape index (κ3) is 2.13. The molecule has 0 spiro atoms. The van der Waals surface area contributed by atoms with Gasteiger partial charge in [-0.1, -0.05) is 11.6 Å². The van der Waals surface area contributed by atoms with Crippen LogP contribution in [0.5, 0.6) is 5.75 Å². The SMILES string of the molecule is COc1c(C)c(Cl)cc(C)c1C(O)C(=O)O. The van der Waals surface area contributed by atoms with E-state index in [4.69, 9.17) is 21.4 Å². The van der Waals surface area contributed by atoms with Crippen LogP contribution in [0, 0.1) is 13.8 Å². The Bertz CT molecular complexity index is 428. The molecule has 0 aliphatic heterocycles. The summed E-state index contributed by atoms with van der Waals surface area (Å²) in [6.45, 7) is 3.38. The first-order valence-electron chi connectivity index (χ1n) is 4.64. The average molecular weight is 245 g/mol. The first-order chi connectivity index (χ1) is 7.40. The molecule has 0 saturated carbocycles. The number of rotatable bonds is 3. The summed E-state index contributed by atoms with van der Waals surface area (Å²) in [5.74, 6) is -0.997. The van der Waals surface area contributed by atoms with E-state index < -0.39 is 12.1 Å². The smallest absolute Gasteiger partial charge is 0.337 e. The number of hydrogen-bond donors (Lipinski definition) is 2. The minimum Gasteiger partial charge on any atom is -0.496 e. The molecular formula is C11H13ClO4. The van der Waals surface area contributed by atoms with Crippen molar-refractivity contribution >= 4 is 17.6 Å². The number of carboxylic acids is 1. The maximum atomic E-state index is 10.8. The summed E-state index contributed by atoms with van der Waals surface area (Å²) in [7, 11) is 1.41. The third-order valence-corrected chi connectivity index (χ3v) is 2.82. The van der Waals surface area contributed by atoms with Gasteiger partial charge in [0.15, 0.2) is 6.10 Å². The first-order valence-corrected chi connectivity index (χ1v) is 5.02. The van der Waals surface area contributed by atoms with Gasteiger partial charge in [-0.3, -0.25) is 0 Å².